The van der Waals surface area contributed by atoms with Crippen molar-refractivity contribution in [3.63, 3.8) is 0 Å². The van der Waals surface area contributed by atoms with E-state index >= 15 is 0 Å². The predicted molar refractivity (Wildman–Crippen MR) is 72.9 cm³/mol. The summed E-state index contributed by atoms with van der Waals surface area (Å²) in [5, 5.41) is 3.12. The third-order valence-electron chi connectivity index (χ3n) is 2.67. The fourth-order valence-electron chi connectivity index (χ4n) is 1.80. The van der Waals surface area contributed by atoms with Crippen LogP contribution in [0.5, 0.6) is 5.75 Å². The van der Waals surface area contributed by atoms with E-state index in [0.717, 1.165) is 29.1 Å². The van der Waals surface area contributed by atoms with E-state index < -0.39 is 0 Å². The van der Waals surface area contributed by atoms with Crippen LogP contribution in [-0.2, 0) is 0 Å². The summed E-state index contributed by atoms with van der Waals surface area (Å²) in [5.74, 6) is 1.46. The molecule has 0 saturated heterocycles. The fraction of sp³-hybridized carbons (Fsp3) is 0.286. The Labute approximate surface area is 107 Å². The minimum atomic E-state index is 0.643. The summed E-state index contributed by atoms with van der Waals surface area (Å²) in [6, 6.07) is 7.87. The molecule has 1 heterocycles. The monoisotopic (exact) mass is 243 g/mol. The average molecular weight is 243 g/mol. The molecule has 0 aliphatic rings. The topological polar surface area (TPSA) is 47.0 Å². The Kier molecular flexibility index (Phi) is 3.77. The predicted octanol–water partition coefficient (Wildman–Crippen LogP) is 2.89. The summed E-state index contributed by atoms with van der Waals surface area (Å²) in [5.41, 5.74) is 2.92. The van der Waals surface area contributed by atoms with Crippen LogP contribution < -0.4 is 10.1 Å². The van der Waals surface area contributed by atoms with Crippen molar-refractivity contribution in [3.05, 3.63) is 36.0 Å². The summed E-state index contributed by atoms with van der Waals surface area (Å²) in [7, 11) is 1.67. The van der Waals surface area contributed by atoms with Gasteiger partial charge in [0.1, 0.15) is 5.75 Å². The van der Waals surface area contributed by atoms with Crippen LogP contribution in [0, 0.1) is 6.92 Å². The first kappa shape index (κ1) is 12.4. The summed E-state index contributed by atoms with van der Waals surface area (Å²) in [6.45, 7) is 4.82. The van der Waals surface area contributed by atoms with Crippen LogP contribution in [0.4, 0.5) is 5.95 Å². The first-order valence-electron chi connectivity index (χ1n) is 5.97. The van der Waals surface area contributed by atoms with Gasteiger partial charge < -0.3 is 10.1 Å². The lowest BCUT2D eigenvalue weighted by Gasteiger charge is -2.11. The summed E-state index contributed by atoms with van der Waals surface area (Å²) in [6.07, 6.45) is 1.83. The van der Waals surface area contributed by atoms with Gasteiger partial charge in [0.15, 0.2) is 0 Å². The molecule has 0 atom stereocenters. The highest BCUT2D eigenvalue weighted by Crippen LogP contribution is 2.30. The zero-order valence-corrected chi connectivity index (χ0v) is 10.9. The van der Waals surface area contributed by atoms with Gasteiger partial charge in [0.05, 0.1) is 12.8 Å². The van der Waals surface area contributed by atoms with Crippen LogP contribution in [0.25, 0.3) is 11.3 Å². The number of ether oxygens (including phenoxy) is 1. The van der Waals surface area contributed by atoms with E-state index in [1.165, 1.54) is 0 Å². The van der Waals surface area contributed by atoms with Gasteiger partial charge in [0.25, 0.3) is 0 Å². The summed E-state index contributed by atoms with van der Waals surface area (Å²) < 4.78 is 5.37. The molecular weight excluding hydrogens is 226 g/mol. The van der Waals surface area contributed by atoms with Crippen molar-refractivity contribution in [2.45, 2.75) is 13.8 Å². The molecule has 0 spiro atoms. The van der Waals surface area contributed by atoms with Crippen LogP contribution in [-0.4, -0.2) is 23.6 Å². The smallest absolute Gasteiger partial charge is 0.223 e. The molecule has 2 rings (SSSR count). The minimum absolute atomic E-state index is 0.643. The van der Waals surface area contributed by atoms with Crippen molar-refractivity contribution >= 4 is 5.95 Å². The molecule has 0 saturated carbocycles. The Morgan fingerprint density at radius 3 is 2.78 bits per heavy atom. The Morgan fingerprint density at radius 2 is 2.06 bits per heavy atom. The fourth-order valence-corrected chi connectivity index (χ4v) is 1.80. The molecular formula is C14H17N3O. The summed E-state index contributed by atoms with van der Waals surface area (Å²) in [4.78, 5) is 8.79. The molecule has 1 aromatic carbocycles. The van der Waals surface area contributed by atoms with Crippen molar-refractivity contribution in [2.24, 2.45) is 0 Å². The van der Waals surface area contributed by atoms with Gasteiger partial charge in [-0.1, -0.05) is 12.1 Å². The lowest BCUT2D eigenvalue weighted by Crippen LogP contribution is -2.04. The second kappa shape index (κ2) is 5.49. The maximum absolute atomic E-state index is 5.37. The molecule has 0 bridgehead atoms. The molecule has 2 aromatic rings. The van der Waals surface area contributed by atoms with Gasteiger partial charge in [-0.15, -0.1) is 0 Å². The molecule has 0 amide bonds. The second-order valence-electron chi connectivity index (χ2n) is 3.96. The molecule has 0 aliphatic carbocycles. The third-order valence-corrected chi connectivity index (χ3v) is 2.67. The quantitative estimate of drug-likeness (QED) is 0.897. The number of benzene rings is 1. The van der Waals surface area contributed by atoms with Crippen molar-refractivity contribution in [1.82, 2.24) is 9.97 Å². The Morgan fingerprint density at radius 1 is 1.28 bits per heavy atom. The average Bonchev–Trinajstić information content (AvgIpc) is 2.41. The number of rotatable bonds is 4. The Balaban J connectivity index is 2.51. The van der Waals surface area contributed by atoms with Gasteiger partial charge in [0.2, 0.25) is 5.95 Å². The number of nitrogens with one attached hydrogen (secondary N) is 1. The number of para-hydroxylation sites is 1. The number of nitrogens with zero attached hydrogens (tertiary/aromatic N) is 2. The van der Waals surface area contributed by atoms with E-state index in [9.17, 15) is 0 Å². The molecule has 1 aromatic heterocycles. The van der Waals surface area contributed by atoms with Crippen LogP contribution in [0.15, 0.2) is 30.5 Å². The highest BCUT2D eigenvalue weighted by molar-refractivity contribution is 5.70. The van der Waals surface area contributed by atoms with Crippen molar-refractivity contribution < 1.29 is 4.74 Å². The van der Waals surface area contributed by atoms with E-state index in [-0.39, 0.29) is 0 Å². The highest BCUT2D eigenvalue weighted by Gasteiger charge is 2.10. The van der Waals surface area contributed by atoms with E-state index in [2.05, 4.69) is 15.3 Å². The van der Waals surface area contributed by atoms with Crippen LogP contribution in [0.2, 0.25) is 0 Å². The van der Waals surface area contributed by atoms with Crippen molar-refractivity contribution in [2.75, 3.05) is 19.0 Å². The molecule has 0 unspecified atom stereocenters. The third kappa shape index (κ3) is 2.42. The molecule has 0 fully saturated rings. The van der Waals surface area contributed by atoms with E-state index in [1.807, 2.05) is 44.3 Å². The largest absolute Gasteiger partial charge is 0.496 e. The number of anilines is 1. The second-order valence-corrected chi connectivity index (χ2v) is 3.96. The molecule has 4 heteroatoms. The maximum Gasteiger partial charge on any atom is 0.223 e. The van der Waals surface area contributed by atoms with Crippen molar-refractivity contribution in [3.8, 4) is 17.0 Å². The number of hydrogen-bond acceptors (Lipinski definition) is 4. The number of aromatic nitrogens is 2. The molecule has 4 nitrogen and oxygen atoms in total. The molecule has 1 N–H and O–H groups in total. The van der Waals surface area contributed by atoms with Crippen molar-refractivity contribution in [1.29, 1.82) is 0 Å². The Hall–Kier alpha value is -2.10. The van der Waals surface area contributed by atoms with Gasteiger partial charge in [-0.2, -0.15) is 0 Å². The maximum atomic E-state index is 5.37. The zero-order chi connectivity index (χ0) is 13.0. The standard InChI is InChI=1S/C14H17N3O/c1-4-15-14-16-9-10(2)13(17-14)11-7-5-6-8-12(11)18-3/h5-9H,4H2,1-3H3,(H,15,16,17). The molecule has 0 aliphatic heterocycles. The molecule has 94 valence electrons. The van der Waals surface area contributed by atoms with Gasteiger partial charge in [-0.05, 0) is 31.5 Å². The molecule has 0 radical (unpaired) electrons. The van der Waals surface area contributed by atoms with Crippen LogP contribution in [0.3, 0.4) is 0 Å². The van der Waals surface area contributed by atoms with E-state index in [1.54, 1.807) is 7.11 Å². The SMILES string of the molecule is CCNc1ncc(C)c(-c2ccccc2OC)n1. The lowest BCUT2D eigenvalue weighted by molar-refractivity contribution is 0.416. The number of aryl methyl sites for hydroxylation is 1. The van der Waals surface area contributed by atoms with Gasteiger partial charge in [-0.3, -0.25) is 0 Å². The van der Waals surface area contributed by atoms with Gasteiger partial charge in [0, 0.05) is 18.3 Å². The number of methoxy groups -OCH3 is 1. The Bertz CT molecular complexity index is 540. The van der Waals surface area contributed by atoms with Gasteiger partial charge >= 0.3 is 0 Å². The van der Waals surface area contributed by atoms with Crippen LogP contribution >= 0.6 is 0 Å². The van der Waals surface area contributed by atoms with Crippen LogP contribution in [0.1, 0.15) is 12.5 Å². The summed E-state index contributed by atoms with van der Waals surface area (Å²) >= 11 is 0. The van der Waals surface area contributed by atoms with E-state index in [0.29, 0.717) is 5.95 Å². The normalized spacial score (nSPS) is 10.2. The highest BCUT2D eigenvalue weighted by atomic mass is 16.5. The minimum Gasteiger partial charge on any atom is -0.496 e. The zero-order valence-electron chi connectivity index (χ0n) is 10.9. The van der Waals surface area contributed by atoms with Gasteiger partial charge in [-0.25, -0.2) is 9.97 Å². The first-order valence-corrected chi connectivity index (χ1v) is 5.97. The first-order chi connectivity index (χ1) is 8.76. The number of hydrogen-bond donors (Lipinski definition) is 1. The lowest BCUT2D eigenvalue weighted by atomic mass is 10.1. The molecule has 18 heavy (non-hydrogen) atoms. The van der Waals surface area contributed by atoms with E-state index in [4.69, 9.17) is 4.74 Å².